The molecule has 8 heteroatoms. The van der Waals surface area contributed by atoms with E-state index < -0.39 is 11.9 Å². The number of aryl methyl sites for hydroxylation is 1. The molecule has 2 heterocycles. The van der Waals surface area contributed by atoms with E-state index in [1.54, 1.807) is 6.20 Å². The van der Waals surface area contributed by atoms with Crippen LogP contribution in [0.3, 0.4) is 0 Å². The summed E-state index contributed by atoms with van der Waals surface area (Å²) in [5.41, 5.74) is 0.869. The lowest BCUT2D eigenvalue weighted by Crippen LogP contribution is -2.11. The van der Waals surface area contributed by atoms with Gasteiger partial charge in [-0.25, -0.2) is 4.68 Å². The first-order chi connectivity index (χ1) is 11.4. The van der Waals surface area contributed by atoms with Crippen LogP contribution >= 0.6 is 0 Å². The normalized spacial score (nSPS) is 12.1. The van der Waals surface area contributed by atoms with Crippen LogP contribution in [-0.2, 0) is 12.6 Å². The molecule has 0 saturated carbocycles. The van der Waals surface area contributed by atoms with E-state index in [-0.39, 0.29) is 18.3 Å². The fourth-order valence-corrected chi connectivity index (χ4v) is 2.62. The standard InChI is InChI=1S/C16H21F3N4O/c1-3-11(4-2)15-12(6-5-9-24)10-23(22-15)14-8-7-13(20-21-14)16(17,18)19/h7-8,10-11,24H,3-6,9H2,1-2H3. The van der Waals surface area contributed by atoms with Gasteiger partial charge < -0.3 is 5.11 Å². The van der Waals surface area contributed by atoms with Crippen molar-refractivity contribution in [1.29, 1.82) is 0 Å². The van der Waals surface area contributed by atoms with Gasteiger partial charge in [-0.1, -0.05) is 13.8 Å². The zero-order chi connectivity index (χ0) is 17.7. The van der Waals surface area contributed by atoms with Crippen LogP contribution < -0.4 is 0 Å². The Morgan fingerprint density at radius 3 is 2.38 bits per heavy atom. The van der Waals surface area contributed by atoms with Crippen molar-refractivity contribution in [2.75, 3.05) is 6.61 Å². The van der Waals surface area contributed by atoms with Gasteiger partial charge in [0.25, 0.3) is 0 Å². The third-order valence-electron chi connectivity index (χ3n) is 3.97. The SMILES string of the molecule is CCC(CC)c1nn(-c2ccc(C(F)(F)F)nn2)cc1CCCO. The van der Waals surface area contributed by atoms with E-state index in [0.29, 0.717) is 12.8 Å². The van der Waals surface area contributed by atoms with E-state index >= 15 is 0 Å². The van der Waals surface area contributed by atoms with Crippen molar-refractivity contribution in [2.45, 2.75) is 51.6 Å². The predicted octanol–water partition coefficient (Wildman–Crippen LogP) is 3.51. The topological polar surface area (TPSA) is 63.8 Å². The fourth-order valence-electron chi connectivity index (χ4n) is 2.62. The van der Waals surface area contributed by atoms with Crippen molar-refractivity contribution < 1.29 is 18.3 Å². The van der Waals surface area contributed by atoms with Crippen molar-refractivity contribution in [3.63, 3.8) is 0 Å². The van der Waals surface area contributed by atoms with Gasteiger partial charge in [-0.05, 0) is 43.4 Å². The van der Waals surface area contributed by atoms with Gasteiger partial charge in [0.1, 0.15) is 0 Å². The highest BCUT2D eigenvalue weighted by Crippen LogP contribution is 2.28. The molecule has 0 aliphatic heterocycles. The maximum atomic E-state index is 12.6. The molecule has 1 N–H and O–H groups in total. The molecule has 2 rings (SSSR count). The van der Waals surface area contributed by atoms with Crippen molar-refractivity contribution >= 4 is 0 Å². The molecule has 0 atom stereocenters. The summed E-state index contributed by atoms with van der Waals surface area (Å²) in [5.74, 6) is 0.507. The Bertz CT molecular complexity index is 648. The van der Waals surface area contributed by atoms with Gasteiger partial charge in [0.15, 0.2) is 11.5 Å². The van der Waals surface area contributed by atoms with Crippen molar-refractivity contribution in [1.82, 2.24) is 20.0 Å². The van der Waals surface area contributed by atoms with Crippen LogP contribution in [0.5, 0.6) is 0 Å². The molecule has 132 valence electrons. The Balaban J connectivity index is 2.36. The van der Waals surface area contributed by atoms with Crippen LogP contribution in [0.4, 0.5) is 13.2 Å². The second-order valence-electron chi connectivity index (χ2n) is 5.60. The number of hydrogen-bond acceptors (Lipinski definition) is 4. The number of rotatable bonds is 7. The van der Waals surface area contributed by atoms with Gasteiger partial charge in [0.2, 0.25) is 0 Å². The van der Waals surface area contributed by atoms with E-state index in [0.717, 1.165) is 30.2 Å². The highest BCUT2D eigenvalue weighted by Gasteiger charge is 2.33. The molecule has 2 aromatic rings. The minimum atomic E-state index is -4.51. The zero-order valence-corrected chi connectivity index (χ0v) is 13.7. The summed E-state index contributed by atoms with van der Waals surface area (Å²) < 4.78 is 39.2. The Morgan fingerprint density at radius 2 is 1.88 bits per heavy atom. The summed E-state index contributed by atoms with van der Waals surface area (Å²) in [4.78, 5) is 0. The largest absolute Gasteiger partial charge is 0.435 e. The number of alkyl halides is 3. The van der Waals surface area contributed by atoms with E-state index in [2.05, 4.69) is 29.1 Å². The number of hydrogen-bond donors (Lipinski definition) is 1. The molecule has 0 radical (unpaired) electrons. The molecule has 0 spiro atoms. The minimum Gasteiger partial charge on any atom is -0.396 e. The minimum absolute atomic E-state index is 0.0770. The summed E-state index contributed by atoms with van der Waals surface area (Å²) in [7, 11) is 0. The second kappa shape index (κ2) is 7.74. The number of halogens is 3. The summed E-state index contributed by atoms with van der Waals surface area (Å²) >= 11 is 0. The van der Waals surface area contributed by atoms with Gasteiger partial charge in [-0.3, -0.25) is 0 Å². The zero-order valence-electron chi connectivity index (χ0n) is 13.7. The van der Waals surface area contributed by atoms with Gasteiger partial charge in [0.05, 0.1) is 5.69 Å². The monoisotopic (exact) mass is 342 g/mol. The van der Waals surface area contributed by atoms with Crippen molar-refractivity contribution in [2.24, 2.45) is 0 Å². The first kappa shape index (κ1) is 18.4. The first-order valence-electron chi connectivity index (χ1n) is 8.01. The lowest BCUT2D eigenvalue weighted by atomic mass is 9.95. The first-order valence-corrected chi connectivity index (χ1v) is 8.01. The number of aliphatic hydroxyl groups is 1. The molecule has 24 heavy (non-hydrogen) atoms. The Hall–Kier alpha value is -1.96. The lowest BCUT2D eigenvalue weighted by molar-refractivity contribution is -0.141. The van der Waals surface area contributed by atoms with Crippen molar-refractivity contribution in [3.8, 4) is 5.82 Å². The lowest BCUT2D eigenvalue weighted by Gasteiger charge is -2.11. The maximum absolute atomic E-state index is 12.6. The number of aromatic nitrogens is 4. The highest BCUT2D eigenvalue weighted by atomic mass is 19.4. The van der Waals surface area contributed by atoms with E-state index in [9.17, 15) is 13.2 Å². The predicted molar refractivity (Wildman–Crippen MR) is 82.9 cm³/mol. The molecule has 0 unspecified atom stereocenters. The Morgan fingerprint density at radius 1 is 1.17 bits per heavy atom. The molecule has 0 aliphatic rings. The average Bonchev–Trinajstić information content (AvgIpc) is 2.97. The maximum Gasteiger partial charge on any atom is 0.435 e. The number of nitrogens with zero attached hydrogens (tertiary/aromatic N) is 4. The van der Waals surface area contributed by atoms with Crippen LogP contribution in [0.15, 0.2) is 18.3 Å². The van der Waals surface area contributed by atoms with Crippen LogP contribution in [0.25, 0.3) is 5.82 Å². The van der Waals surface area contributed by atoms with Gasteiger partial charge in [-0.2, -0.15) is 18.3 Å². The molecule has 0 aromatic carbocycles. The number of aliphatic hydroxyl groups excluding tert-OH is 1. The molecule has 5 nitrogen and oxygen atoms in total. The molecular formula is C16H21F3N4O. The third kappa shape index (κ3) is 4.11. The molecule has 0 aliphatic carbocycles. The summed E-state index contributed by atoms with van der Waals surface area (Å²) in [6, 6.07) is 2.16. The summed E-state index contributed by atoms with van der Waals surface area (Å²) in [6.45, 7) is 4.22. The van der Waals surface area contributed by atoms with Crippen LogP contribution in [0.2, 0.25) is 0 Å². The molecule has 2 aromatic heterocycles. The van der Waals surface area contributed by atoms with Gasteiger partial charge in [0, 0.05) is 18.7 Å². The smallest absolute Gasteiger partial charge is 0.396 e. The Labute approximate surface area is 138 Å². The highest BCUT2D eigenvalue weighted by molar-refractivity contribution is 5.28. The van der Waals surface area contributed by atoms with E-state index in [1.165, 1.54) is 10.7 Å². The van der Waals surface area contributed by atoms with Crippen LogP contribution in [0.1, 0.15) is 56.0 Å². The van der Waals surface area contributed by atoms with E-state index in [4.69, 9.17) is 5.11 Å². The fraction of sp³-hybridized carbons (Fsp3) is 0.562. The molecule has 0 amide bonds. The second-order valence-corrected chi connectivity index (χ2v) is 5.60. The molecular weight excluding hydrogens is 321 g/mol. The van der Waals surface area contributed by atoms with Crippen molar-refractivity contribution in [3.05, 3.63) is 35.3 Å². The Kier molecular flexibility index (Phi) is 5.93. The molecule has 0 bridgehead atoms. The third-order valence-corrected chi connectivity index (χ3v) is 3.97. The quantitative estimate of drug-likeness (QED) is 0.836. The van der Waals surface area contributed by atoms with E-state index in [1.807, 2.05) is 0 Å². The van der Waals surface area contributed by atoms with Gasteiger partial charge in [-0.15, -0.1) is 10.2 Å². The summed E-state index contributed by atoms with van der Waals surface area (Å²) in [6.07, 6.45) is 0.355. The molecule has 0 fully saturated rings. The van der Waals surface area contributed by atoms with Crippen LogP contribution in [0, 0.1) is 0 Å². The van der Waals surface area contributed by atoms with Crippen LogP contribution in [-0.4, -0.2) is 31.7 Å². The average molecular weight is 342 g/mol. The summed E-state index contributed by atoms with van der Waals surface area (Å²) in [5, 5.41) is 20.4. The van der Waals surface area contributed by atoms with Gasteiger partial charge >= 0.3 is 6.18 Å². The molecule has 0 saturated heterocycles.